The summed E-state index contributed by atoms with van der Waals surface area (Å²) in [6.45, 7) is 0.418. The smallest absolute Gasteiger partial charge is 0.269 e. The molecule has 0 bridgehead atoms. The van der Waals surface area contributed by atoms with Crippen LogP contribution in [0.15, 0.2) is 66.9 Å². The Morgan fingerprint density at radius 3 is 2.46 bits per heavy atom. The maximum atomic E-state index is 13.7. The van der Waals surface area contributed by atoms with Crippen LogP contribution in [0.25, 0.3) is 0 Å². The number of halogens is 2. The molecule has 3 aromatic rings. The number of nitrogens with zero attached hydrogens (tertiary/aromatic N) is 1. The first-order valence-corrected chi connectivity index (χ1v) is 8.57. The van der Waals surface area contributed by atoms with Gasteiger partial charge in [0.1, 0.15) is 17.3 Å². The molecule has 142 valence electrons. The molecule has 2 amide bonds. The molecular weight excluding hydrogens is 364 g/mol. The van der Waals surface area contributed by atoms with E-state index in [-0.39, 0.29) is 16.9 Å². The van der Waals surface area contributed by atoms with Crippen LogP contribution >= 0.6 is 0 Å². The van der Waals surface area contributed by atoms with Crippen LogP contribution in [0.2, 0.25) is 0 Å². The van der Waals surface area contributed by atoms with Crippen molar-refractivity contribution in [1.29, 1.82) is 0 Å². The third kappa shape index (κ3) is 4.97. The summed E-state index contributed by atoms with van der Waals surface area (Å²) < 4.78 is 26.6. The van der Waals surface area contributed by atoms with E-state index in [9.17, 15) is 18.4 Å². The molecule has 28 heavy (non-hydrogen) atoms. The molecule has 0 fully saturated rings. The number of hydrogen-bond acceptors (Lipinski definition) is 3. The number of aromatic nitrogens is 1. The predicted octanol–water partition coefficient (Wildman–Crippen LogP) is 3.58. The summed E-state index contributed by atoms with van der Waals surface area (Å²) in [6, 6.07) is 15.2. The number of pyridine rings is 1. The van der Waals surface area contributed by atoms with E-state index in [1.165, 1.54) is 18.3 Å². The summed E-state index contributed by atoms with van der Waals surface area (Å²) in [5, 5.41) is 5.09. The molecule has 0 atom stereocenters. The van der Waals surface area contributed by atoms with Gasteiger partial charge in [0.05, 0.1) is 5.69 Å². The molecule has 0 saturated carbocycles. The number of amides is 2. The van der Waals surface area contributed by atoms with E-state index >= 15 is 0 Å². The third-order valence-corrected chi connectivity index (χ3v) is 3.98. The first-order chi connectivity index (χ1) is 13.5. The van der Waals surface area contributed by atoms with E-state index < -0.39 is 23.4 Å². The zero-order valence-corrected chi connectivity index (χ0v) is 14.8. The van der Waals surface area contributed by atoms with Gasteiger partial charge in [-0.15, -0.1) is 0 Å². The predicted molar refractivity (Wildman–Crippen MR) is 101 cm³/mol. The molecular formula is C21H17F2N3O2. The third-order valence-electron chi connectivity index (χ3n) is 3.98. The van der Waals surface area contributed by atoms with Crippen LogP contribution in [0.1, 0.15) is 26.4 Å². The zero-order chi connectivity index (χ0) is 19.9. The van der Waals surface area contributed by atoms with Crippen molar-refractivity contribution in [2.45, 2.75) is 6.42 Å². The van der Waals surface area contributed by atoms with Gasteiger partial charge in [-0.25, -0.2) is 8.78 Å². The SMILES string of the molecule is O=C(Nc1ccc(F)cc1F)c1ccnc(C(=O)NCCc2ccccc2)c1. The van der Waals surface area contributed by atoms with Crippen LogP contribution < -0.4 is 10.6 Å². The Bertz CT molecular complexity index is 994. The Hall–Kier alpha value is -3.61. The van der Waals surface area contributed by atoms with E-state index in [0.717, 1.165) is 17.7 Å². The number of rotatable bonds is 6. The number of benzene rings is 2. The first kappa shape index (κ1) is 19.2. The minimum Gasteiger partial charge on any atom is -0.350 e. The van der Waals surface area contributed by atoms with Gasteiger partial charge < -0.3 is 10.6 Å². The average molecular weight is 381 g/mol. The number of carbonyl (C=O) groups is 2. The highest BCUT2D eigenvalue weighted by Gasteiger charge is 2.13. The summed E-state index contributed by atoms with van der Waals surface area (Å²) in [6.07, 6.45) is 1.98. The van der Waals surface area contributed by atoms with Crippen molar-refractivity contribution in [3.8, 4) is 0 Å². The van der Waals surface area contributed by atoms with Crippen molar-refractivity contribution in [2.24, 2.45) is 0 Å². The van der Waals surface area contributed by atoms with Gasteiger partial charge in [0.15, 0.2) is 0 Å². The highest BCUT2D eigenvalue weighted by atomic mass is 19.1. The van der Waals surface area contributed by atoms with E-state index in [1.807, 2.05) is 30.3 Å². The fraction of sp³-hybridized carbons (Fsp3) is 0.0952. The molecule has 1 aromatic heterocycles. The van der Waals surface area contributed by atoms with E-state index in [1.54, 1.807) is 0 Å². The van der Waals surface area contributed by atoms with Gasteiger partial charge in [-0.2, -0.15) is 0 Å². The number of nitrogens with one attached hydrogen (secondary N) is 2. The van der Waals surface area contributed by atoms with Gasteiger partial charge in [-0.1, -0.05) is 30.3 Å². The summed E-state index contributed by atoms with van der Waals surface area (Å²) in [7, 11) is 0. The molecule has 0 aliphatic heterocycles. The molecule has 7 heteroatoms. The molecule has 0 unspecified atom stereocenters. The molecule has 0 radical (unpaired) electrons. The second-order valence-electron chi connectivity index (χ2n) is 6.00. The van der Waals surface area contributed by atoms with Crippen LogP contribution in [0.5, 0.6) is 0 Å². The lowest BCUT2D eigenvalue weighted by atomic mass is 10.1. The molecule has 0 aliphatic rings. The minimum atomic E-state index is -0.888. The standard InChI is InChI=1S/C21H17F2N3O2/c22-16-6-7-18(17(23)13-16)26-20(27)15-9-11-24-19(12-15)21(28)25-10-8-14-4-2-1-3-5-14/h1-7,9,11-13H,8,10H2,(H,25,28)(H,26,27). The lowest BCUT2D eigenvalue weighted by Gasteiger charge is -2.08. The van der Waals surface area contributed by atoms with E-state index in [0.29, 0.717) is 19.0 Å². The first-order valence-electron chi connectivity index (χ1n) is 8.57. The number of hydrogen-bond donors (Lipinski definition) is 2. The summed E-state index contributed by atoms with van der Waals surface area (Å²) in [4.78, 5) is 28.5. The fourth-order valence-corrected chi connectivity index (χ4v) is 2.54. The van der Waals surface area contributed by atoms with Crippen molar-refractivity contribution in [2.75, 3.05) is 11.9 Å². The molecule has 0 spiro atoms. The Kier molecular flexibility index (Phi) is 6.06. The van der Waals surface area contributed by atoms with Crippen LogP contribution in [0, 0.1) is 11.6 Å². The van der Waals surface area contributed by atoms with Crippen molar-refractivity contribution in [3.63, 3.8) is 0 Å². The summed E-state index contributed by atoms with van der Waals surface area (Å²) >= 11 is 0. The Balaban J connectivity index is 1.62. The monoisotopic (exact) mass is 381 g/mol. The maximum absolute atomic E-state index is 13.7. The fourth-order valence-electron chi connectivity index (χ4n) is 2.54. The molecule has 2 N–H and O–H groups in total. The van der Waals surface area contributed by atoms with Gasteiger partial charge in [0.2, 0.25) is 0 Å². The highest BCUT2D eigenvalue weighted by molar-refractivity contribution is 6.05. The summed E-state index contributed by atoms with van der Waals surface area (Å²) in [5.74, 6) is -2.68. The van der Waals surface area contributed by atoms with Gasteiger partial charge in [0, 0.05) is 24.4 Å². The lowest BCUT2D eigenvalue weighted by Crippen LogP contribution is -2.27. The van der Waals surface area contributed by atoms with Crippen LogP contribution in [-0.2, 0) is 6.42 Å². The van der Waals surface area contributed by atoms with Gasteiger partial charge in [-0.3, -0.25) is 14.6 Å². The highest BCUT2D eigenvalue weighted by Crippen LogP contribution is 2.16. The van der Waals surface area contributed by atoms with Crippen molar-refractivity contribution < 1.29 is 18.4 Å². The van der Waals surface area contributed by atoms with Crippen molar-refractivity contribution in [3.05, 3.63) is 95.3 Å². The topological polar surface area (TPSA) is 71.1 Å². The Morgan fingerprint density at radius 1 is 0.929 bits per heavy atom. The molecule has 3 rings (SSSR count). The minimum absolute atomic E-state index is 0.0697. The van der Waals surface area contributed by atoms with Crippen LogP contribution in [0.4, 0.5) is 14.5 Å². The van der Waals surface area contributed by atoms with Crippen molar-refractivity contribution >= 4 is 17.5 Å². The number of anilines is 1. The zero-order valence-electron chi connectivity index (χ0n) is 14.8. The molecule has 0 aliphatic carbocycles. The summed E-state index contributed by atoms with van der Waals surface area (Å²) in [5.41, 5.74) is 1.13. The quantitative estimate of drug-likeness (QED) is 0.686. The Labute approximate surface area is 160 Å². The molecule has 2 aromatic carbocycles. The second-order valence-corrected chi connectivity index (χ2v) is 6.00. The van der Waals surface area contributed by atoms with Crippen LogP contribution in [-0.4, -0.2) is 23.3 Å². The lowest BCUT2D eigenvalue weighted by molar-refractivity contribution is 0.0949. The molecule has 5 nitrogen and oxygen atoms in total. The molecule has 1 heterocycles. The van der Waals surface area contributed by atoms with Crippen molar-refractivity contribution in [1.82, 2.24) is 10.3 Å². The van der Waals surface area contributed by atoms with E-state index in [4.69, 9.17) is 0 Å². The van der Waals surface area contributed by atoms with Gasteiger partial charge in [0.25, 0.3) is 11.8 Å². The van der Waals surface area contributed by atoms with Gasteiger partial charge in [-0.05, 0) is 36.2 Å². The second kappa shape index (κ2) is 8.85. The largest absolute Gasteiger partial charge is 0.350 e. The van der Waals surface area contributed by atoms with Gasteiger partial charge >= 0.3 is 0 Å². The molecule has 0 saturated heterocycles. The normalized spacial score (nSPS) is 10.4. The Morgan fingerprint density at radius 2 is 1.71 bits per heavy atom. The average Bonchev–Trinajstić information content (AvgIpc) is 2.71. The maximum Gasteiger partial charge on any atom is 0.269 e. The van der Waals surface area contributed by atoms with Crippen LogP contribution in [0.3, 0.4) is 0 Å². The number of carbonyl (C=O) groups excluding carboxylic acids is 2. The van der Waals surface area contributed by atoms with E-state index in [2.05, 4.69) is 15.6 Å².